The van der Waals surface area contributed by atoms with Crippen molar-refractivity contribution in [2.45, 2.75) is 13.0 Å². The van der Waals surface area contributed by atoms with Gasteiger partial charge in [0.25, 0.3) is 5.91 Å². The third kappa shape index (κ3) is 3.13. The second kappa shape index (κ2) is 6.64. The van der Waals surface area contributed by atoms with E-state index >= 15 is 0 Å². The summed E-state index contributed by atoms with van der Waals surface area (Å²) in [7, 11) is 0. The van der Waals surface area contributed by atoms with Gasteiger partial charge >= 0.3 is 0 Å². The summed E-state index contributed by atoms with van der Waals surface area (Å²) in [5.74, 6) is 0.184. The van der Waals surface area contributed by atoms with Gasteiger partial charge in [-0.3, -0.25) is 9.59 Å². The van der Waals surface area contributed by atoms with E-state index in [0.717, 1.165) is 5.56 Å². The van der Waals surface area contributed by atoms with Crippen molar-refractivity contribution in [3.8, 4) is 0 Å². The zero-order valence-electron chi connectivity index (χ0n) is 15.0. The highest BCUT2D eigenvalue weighted by molar-refractivity contribution is 5.94. The highest BCUT2D eigenvalue weighted by Crippen LogP contribution is 2.45. The summed E-state index contributed by atoms with van der Waals surface area (Å²) >= 11 is 0. The molecule has 2 aliphatic heterocycles. The number of amides is 2. The van der Waals surface area contributed by atoms with Crippen molar-refractivity contribution in [3.63, 3.8) is 0 Å². The number of carbonyl (C=O) groups excluding carboxylic acids is 2. The van der Waals surface area contributed by atoms with E-state index in [1.165, 1.54) is 25.3 Å². The Labute approximate surface area is 156 Å². The average molecular weight is 368 g/mol. The molecule has 0 spiro atoms. The lowest BCUT2D eigenvalue weighted by atomic mass is 9.89. The highest BCUT2D eigenvalue weighted by atomic mass is 19.1. The number of fused-ring (bicyclic) bond motifs is 1. The predicted octanol–water partition coefficient (Wildman–Crippen LogP) is 2.09. The lowest BCUT2D eigenvalue weighted by molar-refractivity contribution is -0.130. The molecule has 2 aromatic rings. The van der Waals surface area contributed by atoms with Crippen molar-refractivity contribution in [3.05, 3.63) is 59.5 Å². The van der Waals surface area contributed by atoms with E-state index in [9.17, 15) is 14.0 Å². The number of anilines is 1. The monoisotopic (exact) mass is 368 g/mol. The maximum Gasteiger partial charge on any atom is 0.255 e. The summed E-state index contributed by atoms with van der Waals surface area (Å²) in [6, 6.07) is 9.45. The molecule has 1 aromatic carbocycles. The molecule has 1 aromatic heterocycles. The maximum absolute atomic E-state index is 13.8. The van der Waals surface area contributed by atoms with Gasteiger partial charge in [-0.2, -0.15) is 0 Å². The molecule has 3 atom stereocenters. The minimum Gasteiger partial charge on any atom is -0.384 e. The first-order valence-corrected chi connectivity index (χ1v) is 8.97. The number of rotatable bonds is 2. The summed E-state index contributed by atoms with van der Waals surface area (Å²) in [6.45, 7) is 3.21. The SMILES string of the molecule is CC(=O)N1C[C@H]2CN(C(=O)c3ccc(N)nc3)C[C@H]2[C@H]1c1cccc(F)c1. The number of nitrogens with two attached hydrogens (primary N) is 1. The van der Waals surface area contributed by atoms with E-state index in [-0.39, 0.29) is 35.5 Å². The number of nitrogens with zero attached hydrogens (tertiary/aromatic N) is 3. The molecule has 2 aliphatic rings. The molecule has 0 radical (unpaired) electrons. The van der Waals surface area contributed by atoms with Crippen molar-refractivity contribution in [2.24, 2.45) is 11.8 Å². The van der Waals surface area contributed by atoms with Gasteiger partial charge in [-0.15, -0.1) is 0 Å². The quantitative estimate of drug-likeness (QED) is 0.880. The van der Waals surface area contributed by atoms with E-state index in [0.29, 0.717) is 31.0 Å². The fraction of sp³-hybridized carbons (Fsp3) is 0.350. The fourth-order valence-corrected chi connectivity index (χ4v) is 4.37. The first-order valence-electron chi connectivity index (χ1n) is 8.97. The Kier molecular flexibility index (Phi) is 4.30. The molecule has 2 fully saturated rings. The standard InChI is InChI=1S/C20H21FN4O2/c1-12(26)25-10-15-9-24(20(27)14-5-6-18(22)23-8-14)11-17(15)19(25)13-3-2-4-16(21)7-13/h2-8,15,17,19H,9-11H2,1H3,(H2,22,23)/t15-,17-,19-/m1/s1. The van der Waals surface area contributed by atoms with Crippen molar-refractivity contribution in [1.29, 1.82) is 0 Å². The van der Waals surface area contributed by atoms with Gasteiger partial charge in [0.1, 0.15) is 11.6 Å². The zero-order chi connectivity index (χ0) is 19.1. The van der Waals surface area contributed by atoms with Crippen molar-refractivity contribution >= 4 is 17.6 Å². The molecule has 0 saturated carbocycles. The van der Waals surface area contributed by atoms with Crippen molar-refractivity contribution in [1.82, 2.24) is 14.8 Å². The van der Waals surface area contributed by atoms with Crippen LogP contribution in [0.25, 0.3) is 0 Å². The molecule has 2 N–H and O–H groups in total. The van der Waals surface area contributed by atoms with Crippen LogP contribution >= 0.6 is 0 Å². The van der Waals surface area contributed by atoms with Gasteiger partial charge in [-0.1, -0.05) is 12.1 Å². The largest absolute Gasteiger partial charge is 0.384 e. The van der Waals surface area contributed by atoms with Crippen LogP contribution in [0.15, 0.2) is 42.6 Å². The van der Waals surface area contributed by atoms with E-state index in [4.69, 9.17) is 5.73 Å². The lowest BCUT2D eigenvalue weighted by Crippen LogP contribution is -2.36. The third-order valence-corrected chi connectivity index (χ3v) is 5.58. The van der Waals surface area contributed by atoms with Crippen molar-refractivity contribution in [2.75, 3.05) is 25.4 Å². The molecule has 0 aliphatic carbocycles. The summed E-state index contributed by atoms with van der Waals surface area (Å²) in [4.78, 5) is 32.5. The van der Waals surface area contributed by atoms with Gasteiger partial charge in [0.05, 0.1) is 11.6 Å². The smallest absolute Gasteiger partial charge is 0.255 e. The number of hydrogen-bond acceptors (Lipinski definition) is 4. The molecule has 2 amide bonds. The minimum absolute atomic E-state index is 0.0285. The fourth-order valence-electron chi connectivity index (χ4n) is 4.37. The Bertz CT molecular complexity index is 886. The average Bonchev–Trinajstić information content (AvgIpc) is 3.19. The van der Waals surface area contributed by atoms with Crippen molar-refractivity contribution < 1.29 is 14.0 Å². The Hall–Kier alpha value is -2.96. The number of benzene rings is 1. The first kappa shape index (κ1) is 17.5. The van der Waals surface area contributed by atoms with Gasteiger partial charge in [-0.25, -0.2) is 9.37 Å². The molecule has 2 saturated heterocycles. The van der Waals surface area contributed by atoms with Crippen LogP contribution in [0.3, 0.4) is 0 Å². The number of halogens is 1. The molecule has 7 heteroatoms. The summed E-state index contributed by atoms with van der Waals surface area (Å²) in [6.07, 6.45) is 1.48. The van der Waals surface area contributed by atoms with E-state index in [1.807, 2.05) is 6.07 Å². The molecule has 6 nitrogen and oxygen atoms in total. The predicted molar refractivity (Wildman–Crippen MR) is 98.1 cm³/mol. The number of hydrogen-bond donors (Lipinski definition) is 1. The van der Waals surface area contributed by atoms with Crippen LogP contribution in [0, 0.1) is 17.7 Å². The Morgan fingerprint density at radius 3 is 2.67 bits per heavy atom. The van der Waals surface area contributed by atoms with E-state index < -0.39 is 0 Å². The normalized spacial score (nSPS) is 24.1. The molecule has 4 rings (SSSR count). The number of aromatic nitrogens is 1. The maximum atomic E-state index is 13.8. The highest BCUT2D eigenvalue weighted by Gasteiger charge is 2.49. The lowest BCUT2D eigenvalue weighted by Gasteiger charge is -2.29. The van der Waals surface area contributed by atoms with Crippen LogP contribution in [-0.2, 0) is 4.79 Å². The number of carbonyl (C=O) groups is 2. The molecular weight excluding hydrogens is 347 g/mol. The van der Waals surface area contributed by atoms with Gasteiger partial charge in [0.15, 0.2) is 0 Å². The Morgan fingerprint density at radius 2 is 2.00 bits per heavy atom. The van der Waals surface area contributed by atoms with Gasteiger partial charge in [-0.05, 0) is 29.8 Å². The van der Waals surface area contributed by atoms with Crippen LogP contribution < -0.4 is 5.73 Å². The second-order valence-electron chi connectivity index (χ2n) is 7.28. The number of likely N-dealkylation sites (tertiary alicyclic amines) is 2. The van der Waals surface area contributed by atoms with E-state index in [1.54, 1.807) is 28.0 Å². The molecule has 3 heterocycles. The van der Waals surface area contributed by atoms with E-state index in [2.05, 4.69) is 4.98 Å². The summed E-state index contributed by atoms with van der Waals surface area (Å²) < 4.78 is 13.8. The molecule has 140 valence electrons. The topological polar surface area (TPSA) is 79.5 Å². The number of pyridine rings is 1. The van der Waals surface area contributed by atoms with Gasteiger partial charge < -0.3 is 15.5 Å². The zero-order valence-corrected chi connectivity index (χ0v) is 15.0. The Morgan fingerprint density at radius 1 is 1.19 bits per heavy atom. The molecule has 0 bridgehead atoms. The van der Waals surface area contributed by atoms with Crippen LogP contribution in [0.5, 0.6) is 0 Å². The molecule has 27 heavy (non-hydrogen) atoms. The van der Waals surface area contributed by atoms with Gasteiger partial charge in [0.2, 0.25) is 5.91 Å². The molecule has 0 unspecified atom stereocenters. The summed E-state index contributed by atoms with van der Waals surface area (Å²) in [5.41, 5.74) is 6.86. The number of nitrogen functional groups attached to an aromatic ring is 1. The Balaban J connectivity index is 1.59. The van der Waals surface area contributed by atoms with Crippen LogP contribution in [-0.4, -0.2) is 46.2 Å². The molecular formula is C20H21FN4O2. The summed E-state index contributed by atoms with van der Waals surface area (Å²) in [5, 5.41) is 0. The van der Waals surface area contributed by atoms with Gasteiger partial charge in [0, 0.05) is 44.6 Å². The third-order valence-electron chi connectivity index (χ3n) is 5.58. The first-order chi connectivity index (χ1) is 12.9. The minimum atomic E-state index is -0.321. The second-order valence-corrected chi connectivity index (χ2v) is 7.28. The van der Waals surface area contributed by atoms with Crippen LogP contribution in [0.1, 0.15) is 28.9 Å². The van der Waals surface area contributed by atoms with Crippen LogP contribution in [0.4, 0.5) is 10.2 Å². The van der Waals surface area contributed by atoms with Crippen LogP contribution in [0.2, 0.25) is 0 Å².